The Hall–Kier alpha value is -3.43. The third kappa shape index (κ3) is 7.89. The summed E-state index contributed by atoms with van der Waals surface area (Å²) in [5, 5.41) is 22.0. The topological polar surface area (TPSA) is 101 Å². The van der Waals surface area contributed by atoms with Crippen LogP contribution in [0, 0.1) is 17.9 Å². The number of aliphatic hydroxyl groups excluding tert-OH is 2. The molecule has 7 nitrogen and oxygen atoms in total. The highest BCUT2D eigenvalue weighted by Gasteiger charge is 2.44. The summed E-state index contributed by atoms with van der Waals surface area (Å²) in [5.41, 5.74) is 3.20. The van der Waals surface area contributed by atoms with Crippen molar-refractivity contribution in [3.05, 3.63) is 112 Å². The van der Waals surface area contributed by atoms with Gasteiger partial charge in [-0.25, -0.2) is 0 Å². The lowest BCUT2D eigenvalue weighted by molar-refractivity contribution is 0.277. The highest BCUT2D eigenvalue weighted by Crippen LogP contribution is 2.51. The fourth-order valence-corrected chi connectivity index (χ4v) is 7.65. The third-order valence-corrected chi connectivity index (χ3v) is 10.7. The van der Waals surface area contributed by atoms with Gasteiger partial charge in [0.25, 0.3) is 10.1 Å². The first-order chi connectivity index (χ1) is 22.7. The molecule has 2 aliphatic rings. The second-order valence-corrected chi connectivity index (χ2v) is 15.8. The molecule has 2 aliphatic heterocycles. The van der Waals surface area contributed by atoms with Gasteiger partial charge in [0.2, 0.25) is 0 Å². The predicted molar refractivity (Wildman–Crippen MR) is 197 cm³/mol. The number of anilines is 1. The van der Waals surface area contributed by atoms with Crippen molar-refractivity contribution in [3.63, 3.8) is 0 Å². The molecule has 2 aromatic carbocycles. The van der Waals surface area contributed by atoms with Crippen LogP contribution in [-0.4, -0.2) is 49.5 Å². The quantitative estimate of drug-likeness (QED) is 0.0953. The van der Waals surface area contributed by atoms with Gasteiger partial charge in [0.15, 0.2) is 0 Å². The van der Waals surface area contributed by atoms with Crippen LogP contribution >= 0.6 is 0 Å². The first-order valence-corrected chi connectivity index (χ1v) is 18.6. The maximum Gasteiger partial charge on any atom is 0.294 e. The summed E-state index contributed by atoms with van der Waals surface area (Å²) < 4.78 is 36.1. The fraction of sp³-hybridized carbons (Fsp3) is 0.450. The summed E-state index contributed by atoms with van der Waals surface area (Å²) in [6, 6.07) is 12.2. The molecule has 2 atom stereocenters. The van der Waals surface area contributed by atoms with Gasteiger partial charge in [0.05, 0.1) is 17.5 Å². The van der Waals surface area contributed by atoms with Gasteiger partial charge in [0, 0.05) is 28.8 Å². The fourth-order valence-electron chi connectivity index (χ4n) is 7.14. The second-order valence-electron chi connectivity index (χ2n) is 14.4. The molecule has 2 unspecified atom stereocenters. The normalized spacial score (nSPS) is 22.1. The van der Waals surface area contributed by atoms with E-state index in [4.69, 9.17) is 0 Å². The second kappa shape index (κ2) is 15.4. The van der Waals surface area contributed by atoms with E-state index in [1.54, 1.807) is 12.1 Å². The number of benzene rings is 2. The molecule has 48 heavy (non-hydrogen) atoms. The first kappa shape index (κ1) is 37.4. The SMILES string of the molecule is C=c1ccc2c(c1)C(C)(CCC(C)C)[C-](C=CC=CC=CC=C1N(CCO)c3ccc(S(=O)(=O)O)cc3C1(C)CCC(C)C)[N+]=2CCO. The van der Waals surface area contributed by atoms with Gasteiger partial charge in [-0.05, 0) is 84.7 Å². The number of fused-ring (bicyclic) bond motifs is 2. The largest absolute Gasteiger partial charge is 0.395 e. The Balaban J connectivity index is 1.64. The van der Waals surface area contributed by atoms with Gasteiger partial charge in [-0.15, -0.1) is 12.2 Å². The van der Waals surface area contributed by atoms with Gasteiger partial charge in [-0.2, -0.15) is 14.5 Å². The van der Waals surface area contributed by atoms with E-state index in [1.165, 1.54) is 17.7 Å². The maximum absolute atomic E-state index is 12.0. The first-order valence-electron chi connectivity index (χ1n) is 17.1. The zero-order valence-electron chi connectivity index (χ0n) is 29.5. The maximum atomic E-state index is 12.0. The number of allylic oxidation sites excluding steroid dienone is 7. The average molecular weight is 675 g/mol. The van der Waals surface area contributed by atoms with Crippen LogP contribution in [0.15, 0.2) is 89.5 Å². The van der Waals surface area contributed by atoms with E-state index in [1.807, 2.05) is 36.4 Å². The van der Waals surface area contributed by atoms with Crippen LogP contribution in [0.1, 0.15) is 78.4 Å². The molecule has 3 N–H and O–H groups in total. The Kier molecular flexibility index (Phi) is 12.0. The molecule has 4 rings (SSSR count). The number of hydrogen-bond acceptors (Lipinski definition) is 5. The summed E-state index contributed by atoms with van der Waals surface area (Å²) >= 11 is 0. The molecule has 0 radical (unpaired) electrons. The van der Waals surface area contributed by atoms with Crippen molar-refractivity contribution < 1.29 is 23.2 Å². The third-order valence-electron chi connectivity index (χ3n) is 9.85. The summed E-state index contributed by atoms with van der Waals surface area (Å²) in [6.45, 7) is 18.3. The Morgan fingerprint density at radius 3 is 2.21 bits per heavy atom. The molecule has 0 aliphatic carbocycles. The van der Waals surface area contributed by atoms with Crippen molar-refractivity contribution in [1.82, 2.24) is 4.58 Å². The molecule has 0 bridgehead atoms. The highest BCUT2D eigenvalue weighted by atomic mass is 32.2. The van der Waals surface area contributed by atoms with Crippen molar-refractivity contribution >= 4 is 22.4 Å². The number of hydrogen-bond donors (Lipinski definition) is 3. The van der Waals surface area contributed by atoms with Gasteiger partial charge in [0.1, 0.15) is 18.5 Å². The monoisotopic (exact) mass is 674 g/mol. The molecule has 2 aromatic rings. The van der Waals surface area contributed by atoms with Crippen LogP contribution in [-0.2, 0) is 20.9 Å². The van der Waals surface area contributed by atoms with Crippen molar-refractivity contribution in [2.45, 2.75) is 83.0 Å². The van der Waals surface area contributed by atoms with Gasteiger partial charge < -0.3 is 15.1 Å². The average Bonchev–Trinajstić information content (AvgIpc) is 3.39. The lowest BCUT2D eigenvalue weighted by Gasteiger charge is -2.33. The zero-order chi connectivity index (χ0) is 35.3. The minimum Gasteiger partial charge on any atom is -0.395 e. The molecule has 0 amide bonds. The molecule has 0 spiro atoms. The van der Waals surface area contributed by atoms with Crippen LogP contribution in [0.3, 0.4) is 0 Å². The summed E-state index contributed by atoms with van der Waals surface area (Å²) in [6.07, 6.45) is 18.0. The van der Waals surface area contributed by atoms with E-state index in [2.05, 4.69) is 81.9 Å². The molecule has 0 fully saturated rings. The molecular weight excluding hydrogens is 621 g/mol. The number of β-amino-alcohol motifs (C(OH)–C–C–N with tert-alkyl or cyclic N) is 2. The van der Waals surface area contributed by atoms with E-state index in [9.17, 15) is 23.2 Å². The Labute approximate surface area is 287 Å². The van der Waals surface area contributed by atoms with Gasteiger partial charge in [-0.1, -0.05) is 78.0 Å². The van der Waals surface area contributed by atoms with Crippen molar-refractivity contribution in [2.24, 2.45) is 11.8 Å². The van der Waals surface area contributed by atoms with Crippen LogP contribution in [0.5, 0.6) is 0 Å². The van der Waals surface area contributed by atoms with Crippen LogP contribution < -0.4 is 20.1 Å². The van der Waals surface area contributed by atoms with E-state index in [-0.39, 0.29) is 23.5 Å². The summed E-state index contributed by atoms with van der Waals surface area (Å²) in [7, 11) is -4.36. The lowest BCUT2D eigenvalue weighted by Crippen LogP contribution is -2.35. The Bertz CT molecular complexity index is 1810. The Morgan fingerprint density at radius 1 is 0.896 bits per heavy atom. The van der Waals surface area contributed by atoms with Gasteiger partial charge in [-0.3, -0.25) is 9.13 Å². The predicted octanol–water partition coefficient (Wildman–Crippen LogP) is 5.83. The van der Waals surface area contributed by atoms with E-state index < -0.39 is 15.5 Å². The molecular formula is C40H54N2O5S. The van der Waals surface area contributed by atoms with Crippen molar-refractivity contribution in [1.29, 1.82) is 0 Å². The van der Waals surface area contributed by atoms with E-state index >= 15 is 0 Å². The smallest absolute Gasteiger partial charge is 0.294 e. The molecule has 0 aromatic heterocycles. The number of rotatable bonds is 15. The number of aliphatic hydroxyl groups is 2. The van der Waals surface area contributed by atoms with Crippen LogP contribution in [0.2, 0.25) is 0 Å². The highest BCUT2D eigenvalue weighted by molar-refractivity contribution is 7.85. The van der Waals surface area contributed by atoms with Crippen molar-refractivity contribution in [2.75, 3.05) is 31.2 Å². The molecule has 260 valence electrons. The van der Waals surface area contributed by atoms with Crippen LogP contribution in [0.25, 0.3) is 6.58 Å². The lowest BCUT2D eigenvalue weighted by atomic mass is 9.73. The van der Waals surface area contributed by atoms with E-state index in [0.29, 0.717) is 24.9 Å². The molecule has 0 saturated heterocycles. The zero-order valence-corrected chi connectivity index (χ0v) is 30.3. The Morgan fingerprint density at radius 2 is 1.56 bits per heavy atom. The standard InChI is InChI=1S/C40H54N2O5S/c1-29(2)19-21-39(6)33-27-31(5)15-17-35(33)41(23-25-43)37(39)13-11-9-8-10-12-14-38-40(7,22-20-30(3)4)34-28-32(48(45,46)47)16-18-36(34)42(38)24-26-44/h8-18,27-30,43-44H,5,19-26H2,1-4,6-7H3,(H,45,46,47). The van der Waals surface area contributed by atoms with E-state index in [0.717, 1.165) is 53.2 Å². The minimum absolute atomic E-state index is 0.0563. The minimum atomic E-state index is -4.36. The summed E-state index contributed by atoms with van der Waals surface area (Å²) in [5.74, 6) is 1.02. The van der Waals surface area contributed by atoms with Gasteiger partial charge >= 0.3 is 0 Å². The number of nitrogens with zero attached hydrogens (tertiary/aromatic N) is 2. The molecule has 0 saturated carbocycles. The molecule has 2 heterocycles. The summed E-state index contributed by atoms with van der Waals surface area (Å²) in [4.78, 5) is 1.93. The molecule has 8 heteroatoms. The van der Waals surface area contributed by atoms with Crippen LogP contribution in [0.4, 0.5) is 5.69 Å². The van der Waals surface area contributed by atoms with Crippen molar-refractivity contribution in [3.8, 4) is 0 Å².